The Morgan fingerprint density at radius 3 is 1.80 bits per heavy atom. The van der Waals surface area contributed by atoms with Gasteiger partial charge >= 0.3 is 0 Å². The van der Waals surface area contributed by atoms with Crippen LogP contribution >= 0.6 is 0 Å². The molecule has 2 nitrogen and oxygen atoms in total. The second-order valence-electron chi connectivity index (χ2n) is 5.41. The highest BCUT2D eigenvalue weighted by molar-refractivity contribution is 4.81. The summed E-state index contributed by atoms with van der Waals surface area (Å²) in [6.45, 7) is 8.91. The van der Waals surface area contributed by atoms with Crippen LogP contribution < -0.4 is 0 Å². The highest BCUT2D eigenvalue weighted by Gasteiger charge is 2.28. The summed E-state index contributed by atoms with van der Waals surface area (Å²) in [6, 6.07) is 0. The van der Waals surface area contributed by atoms with E-state index in [1.165, 1.54) is 58.4 Å². The molecule has 0 amide bonds. The predicted octanol–water partition coefficient (Wildman–Crippen LogP) is 2.06. The van der Waals surface area contributed by atoms with Crippen molar-refractivity contribution in [3.05, 3.63) is 0 Å². The van der Waals surface area contributed by atoms with Crippen molar-refractivity contribution < 1.29 is 0 Å². The second-order valence-corrected chi connectivity index (χ2v) is 5.41. The van der Waals surface area contributed by atoms with E-state index < -0.39 is 0 Å². The molecule has 2 saturated heterocycles. The van der Waals surface area contributed by atoms with E-state index in [9.17, 15) is 0 Å². The molecule has 2 fully saturated rings. The monoisotopic (exact) mass is 210 g/mol. The predicted molar refractivity (Wildman–Crippen MR) is 65.1 cm³/mol. The number of hydrogen-bond acceptors (Lipinski definition) is 2. The fraction of sp³-hybridized carbons (Fsp3) is 1.00. The second kappa shape index (κ2) is 5.31. The molecule has 15 heavy (non-hydrogen) atoms. The summed E-state index contributed by atoms with van der Waals surface area (Å²) in [7, 11) is 2.26. The third-order valence-electron chi connectivity index (χ3n) is 4.51. The molecule has 2 aliphatic heterocycles. The summed E-state index contributed by atoms with van der Waals surface area (Å²) in [6.07, 6.45) is 5.82. The van der Waals surface area contributed by atoms with Crippen molar-refractivity contribution in [2.24, 2.45) is 11.8 Å². The molecule has 0 bridgehead atoms. The lowest BCUT2D eigenvalue weighted by molar-refractivity contribution is 0.108. The van der Waals surface area contributed by atoms with Crippen molar-refractivity contribution in [1.82, 2.24) is 9.80 Å². The molecule has 2 heteroatoms. The molecular weight excluding hydrogens is 184 g/mol. The third kappa shape index (κ3) is 2.94. The first-order chi connectivity index (χ1) is 7.29. The molecule has 2 rings (SSSR count). The van der Waals surface area contributed by atoms with Gasteiger partial charge in [0, 0.05) is 0 Å². The summed E-state index contributed by atoms with van der Waals surface area (Å²) in [5.74, 6) is 2.08. The number of hydrogen-bond donors (Lipinski definition) is 0. The molecule has 0 saturated carbocycles. The zero-order valence-corrected chi connectivity index (χ0v) is 10.4. The van der Waals surface area contributed by atoms with Crippen molar-refractivity contribution in [2.45, 2.75) is 32.6 Å². The van der Waals surface area contributed by atoms with Crippen LogP contribution in [0.15, 0.2) is 0 Å². The van der Waals surface area contributed by atoms with Gasteiger partial charge in [0.25, 0.3) is 0 Å². The topological polar surface area (TPSA) is 6.48 Å². The molecule has 0 radical (unpaired) electrons. The molecule has 2 heterocycles. The maximum absolute atomic E-state index is 2.60. The van der Waals surface area contributed by atoms with E-state index in [0.29, 0.717) is 0 Å². The summed E-state index contributed by atoms with van der Waals surface area (Å²) in [5, 5.41) is 0. The highest BCUT2D eigenvalue weighted by Crippen LogP contribution is 2.31. The van der Waals surface area contributed by atoms with Crippen LogP contribution in [0.4, 0.5) is 0 Å². The SMILES string of the molecule is CCN1CCC(C2CCN(C)CC2)CC1. The molecule has 0 aromatic carbocycles. The van der Waals surface area contributed by atoms with E-state index in [1.807, 2.05) is 0 Å². The van der Waals surface area contributed by atoms with Crippen molar-refractivity contribution in [3.63, 3.8) is 0 Å². The Hall–Kier alpha value is -0.0800. The average molecular weight is 210 g/mol. The maximum atomic E-state index is 2.60. The van der Waals surface area contributed by atoms with Gasteiger partial charge in [-0.2, -0.15) is 0 Å². The van der Waals surface area contributed by atoms with Gasteiger partial charge in [-0.25, -0.2) is 0 Å². The first-order valence-electron chi connectivity index (χ1n) is 6.70. The Kier molecular flexibility index (Phi) is 4.04. The van der Waals surface area contributed by atoms with E-state index in [-0.39, 0.29) is 0 Å². The van der Waals surface area contributed by atoms with Gasteiger partial charge < -0.3 is 9.80 Å². The first-order valence-corrected chi connectivity index (χ1v) is 6.70. The van der Waals surface area contributed by atoms with E-state index in [4.69, 9.17) is 0 Å². The number of piperidine rings is 2. The van der Waals surface area contributed by atoms with E-state index in [1.54, 1.807) is 0 Å². The summed E-state index contributed by atoms with van der Waals surface area (Å²) >= 11 is 0. The van der Waals surface area contributed by atoms with E-state index in [2.05, 4.69) is 23.8 Å². The van der Waals surface area contributed by atoms with Gasteiger partial charge in [0.05, 0.1) is 0 Å². The standard InChI is InChI=1S/C13H26N2/c1-3-15-10-6-13(7-11-15)12-4-8-14(2)9-5-12/h12-13H,3-11H2,1-2H3. The van der Waals surface area contributed by atoms with Crippen LogP contribution in [0.5, 0.6) is 0 Å². The van der Waals surface area contributed by atoms with Crippen LogP contribution in [0, 0.1) is 11.8 Å². The molecule has 0 aliphatic carbocycles. The van der Waals surface area contributed by atoms with Gasteiger partial charge in [0.1, 0.15) is 0 Å². The molecule has 0 atom stereocenters. The zero-order valence-electron chi connectivity index (χ0n) is 10.4. The summed E-state index contributed by atoms with van der Waals surface area (Å²) in [5.41, 5.74) is 0. The van der Waals surface area contributed by atoms with Gasteiger partial charge in [0.2, 0.25) is 0 Å². The minimum Gasteiger partial charge on any atom is -0.306 e. The largest absolute Gasteiger partial charge is 0.306 e. The first kappa shape index (κ1) is 11.4. The highest BCUT2D eigenvalue weighted by atomic mass is 15.1. The Bertz CT molecular complexity index is 177. The average Bonchev–Trinajstić information content (AvgIpc) is 2.30. The lowest BCUT2D eigenvalue weighted by Gasteiger charge is -2.39. The zero-order chi connectivity index (χ0) is 10.7. The lowest BCUT2D eigenvalue weighted by Crippen LogP contribution is -2.39. The number of likely N-dealkylation sites (tertiary alicyclic amines) is 2. The van der Waals surface area contributed by atoms with Gasteiger partial charge in [-0.3, -0.25) is 0 Å². The van der Waals surface area contributed by atoms with Crippen LogP contribution in [0.3, 0.4) is 0 Å². The van der Waals surface area contributed by atoms with Crippen molar-refractivity contribution in [3.8, 4) is 0 Å². The Morgan fingerprint density at radius 2 is 1.33 bits per heavy atom. The van der Waals surface area contributed by atoms with Crippen LogP contribution in [0.2, 0.25) is 0 Å². The van der Waals surface area contributed by atoms with Crippen LogP contribution in [0.1, 0.15) is 32.6 Å². The quantitative estimate of drug-likeness (QED) is 0.688. The van der Waals surface area contributed by atoms with E-state index in [0.717, 1.165) is 11.8 Å². The van der Waals surface area contributed by atoms with Gasteiger partial charge in [-0.15, -0.1) is 0 Å². The van der Waals surface area contributed by atoms with Gasteiger partial charge in [-0.1, -0.05) is 6.92 Å². The molecular formula is C13H26N2. The maximum Gasteiger partial charge on any atom is -0.00161 e. The van der Waals surface area contributed by atoms with Crippen LogP contribution in [-0.4, -0.2) is 49.6 Å². The van der Waals surface area contributed by atoms with E-state index >= 15 is 0 Å². The lowest BCUT2D eigenvalue weighted by atomic mass is 9.79. The fourth-order valence-corrected chi connectivity index (χ4v) is 3.24. The molecule has 0 spiro atoms. The molecule has 0 aromatic heterocycles. The number of nitrogens with zero attached hydrogens (tertiary/aromatic N) is 2. The van der Waals surface area contributed by atoms with Crippen LogP contribution in [-0.2, 0) is 0 Å². The van der Waals surface area contributed by atoms with Crippen LogP contribution in [0.25, 0.3) is 0 Å². The van der Waals surface area contributed by atoms with Gasteiger partial charge in [0.15, 0.2) is 0 Å². The Morgan fingerprint density at radius 1 is 0.867 bits per heavy atom. The molecule has 0 N–H and O–H groups in total. The minimum absolute atomic E-state index is 1.04. The molecule has 2 aliphatic rings. The molecule has 0 aromatic rings. The summed E-state index contributed by atoms with van der Waals surface area (Å²) in [4.78, 5) is 5.09. The van der Waals surface area contributed by atoms with Crippen molar-refractivity contribution >= 4 is 0 Å². The Balaban J connectivity index is 1.75. The number of rotatable bonds is 2. The van der Waals surface area contributed by atoms with Crippen molar-refractivity contribution in [1.29, 1.82) is 0 Å². The van der Waals surface area contributed by atoms with Crippen molar-refractivity contribution in [2.75, 3.05) is 39.8 Å². The molecule has 0 unspecified atom stereocenters. The summed E-state index contributed by atoms with van der Waals surface area (Å²) < 4.78 is 0. The smallest absolute Gasteiger partial charge is 0.00161 e. The molecule has 88 valence electrons. The fourth-order valence-electron chi connectivity index (χ4n) is 3.24. The minimum atomic E-state index is 1.04. The Labute approximate surface area is 94.6 Å². The third-order valence-corrected chi connectivity index (χ3v) is 4.51. The van der Waals surface area contributed by atoms with Gasteiger partial charge in [-0.05, 0) is 77.3 Å². The normalized spacial score (nSPS) is 28.4.